The lowest BCUT2D eigenvalue weighted by Crippen LogP contribution is -2.32. The zero-order valence-corrected chi connectivity index (χ0v) is 11.8. The standard InChI is InChI=1S/C14H23N3O/c1-14(2)7-11(15-3)10-9-16-13(5-6-18-4)17-12(10)8-14/h9,11,15H,5-8H2,1-4H3. The Balaban J connectivity index is 2.27. The van der Waals surface area contributed by atoms with Crippen molar-refractivity contribution in [1.29, 1.82) is 0 Å². The highest BCUT2D eigenvalue weighted by Gasteiger charge is 2.32. The van der Waals surface area contributed by atoms with Gasteiger partial charge in [0, 0.05) is 37.0 Å². The molecule has 18 heavy (non-hydrogen) atoms. The lowest BCUT2D eigenvalue weighted by atomic mass is 9.74. The first-order valence-electron chi connectivity index (χ1n) is 6.56. The highest BCUT2D eigenvalue weighted by Crippen LogP contribution is 2.39. The number of aromatic nitrogens is 2. The number of nitrogens with zero attached hydrogens (tertiary/aromatic N) is 2. The Morgan fingerprint density at radius 3 is 2.94 bits per heavy atom. The monoisotopic (exact) mass is 249 g/mol. The number of hydrogen-bond acceptors (Lipinski definition) is 4. The fourth-order valence-corrected chi connectivity index (χ4v) is 2.66. The first-order valence-corrected chi connectivity index (χ1v) is 6.56. The normalized spacial score (nSPS) is 21.7. The van der Waals surface area contributed by atoms with Gasteiger partial charge in [-0.05, 0) is 25.3 Å². The van der Waals surface area contributed by atoms with E-state index < -0.39 is 0 Å². The molecule has 4 nitrogen and oxygen atoms in total. The highest BCUT2D eigenvalue weighted by molar-refractivity contribution is 5.26. The van der Waals surface area contributed by atoms with Crippen molar-refractivity contribution in [2.45, 2.75) is 39.2 Å². The minimum Gasteiger partial charge on any atom is -0.384 e. The zero-order chi connectivity index (χ0) is 13.2. The van der Waals surface area contributed by atoms with Gasteiger partial charge < -0.3 is 10.1 Å². The Bertz CT molecular complexity index is 418. The molecule has 1 aliphatic rings. The van der Waals surface area contributed by atoms with Crippen LogP contribution < -0.4 is 5.32 Å². The summed E-state index contributed by atoms with van der Waals surface area (Å²) in [5.41, 5.74) is 2.76. The van der Waals surface area contributed by atoms with Gasteiger partial charge in [-0.25, -0.2) is 9.97 Å². The highest BCUT2D eigenvalue weighted by atomic mass is 16.5. The van der Waals surface area contributed by atoms with E-state index in [1.165, 1.54) is 11.3 Å². The lowest BCUT2D eigenvalue weighted by molar-refractivity contribution is 0.200. The Morgan fingerprint density at radius 1 is 1.50 bits per heavy atom. The van der Waals surface area contributed by atoms with Gasteiger partial charge >= 0.3 is 0 Å². The van der Waals surface area contributed by atoms with Crippen LogP contribution in [-0.2, 0) is 17.6 Å². The predicted octanol–water partition coefficient (Wildman–Crippen LogP) is 1.90. The van der Waals surface area contributed by atoms with E-state index in [0.29, 0.717) is 18.1 Å². The zero-order valence-electron chi connectivity index (χ0n) is 11.8. The first kappa shape index (κ1) is 13.4. The van der Waals surface area contributed by atoms with Gasteiger partial charge in [-0.1, -0.05) is 13.8 Å². The second-order valence-corrected chi connectivity index (χ2v) is 5.82. The number of rotatable bonds is 4. The number of hydrogen-bond donors (Lipinski definition) is 1. The number of fused-ring (bicyclic) bond motifs is 1. The summed E-state index contributed by atoms with van der Waals surface area (Å²) >= 11 is 0. The molecule has 0 spiro atoms. The van der Waals surface area contributed by atoms with Crippen molar-refractivity contribution in [3.05, 3.63) is 23.3 Å². The van der Waals surface area contributed by atoms with Crippen molar-refractivity contribution >= 4 is 0 Å². The van der Waals surface area contributed by atoms with Gasteiger partial charge in [0.25, 0.3) is 0 Å². The molecule has 1 unspecified atom stereocenters. The van der Waals surface area contributed by atoms with Gasteiger partial charge in [0.2, 0.25) is 0 Å². The van der Waals surface area contributed by atoms with Gasteiger partial charge in [0.1, 0.15) is 5.82 Å². The van der Waals surface area contributed by atoms with Crippen molar-refractivity contribution in [2.75, 3.05) is 20.8 Å². The molecule has 2 rings (SSSR count). The summed E-state index contributed by atoms with van der Waals surface area (Å²) in [6, 6.07) is 0.375. The van der Waals surface area contributed by atoms with Crippen LogP contribution in [0.5, 0.6) is 0 Å². The third-order valence-corrected chi connectivity index (χ3v) is 3.61. The van der Waals surface area contributed by atoms with Crippen molar-refractivity contribution < 1.29 is 4.74 Å². The SMILES string of the molecule is CNC1CC(C)(C)Cc2nc(CCOC)ncc21. The van der Waals surface area contributed by atoms with Crippen LogP contribution >= 0.6 is 0 Å². The molecule has 0 amide bonds. The van der Waals surface area contributed by atoms with E-state index in [1.54, 1.807) is 7.11 Å². The van der Waals surface area contributed by atoms with Crippen LogP contribution in [0, 0.1) is 5.41 Å². The molecule has 1 aromatic rings. The molecule has 0 saturated heterocycles. The minimum atomic E-state index is 0.299. The number of ether oxygens (including phenoxy) is 1. The van der Waals surface area contributed by atoms with Crippen LogP contribution in [-0.4, -0.2) is 30.7 Å². The lowest BCUT2D eigenvalue weighted by Gasteiger charge is -2.36. The fraction of sp³-hybridized carbons (Fsp3) is 0.714. The number of methoxy groups -OCH3 is 1. The summed E-state index contributed by atoms with van der Waals surface area (Å²) in [5, 5.41) is 3.37. The predicted molar refractivity (Wildman–Crippen MR) is 71.5 cm³/mol. The maximum Gasteiger partial charge on any atom is 0.130 e. The molecule has 0 aromatic carbocycles. The molecule has 1 aliphatic carbocycles. The van der Waals surface area contributed by atoms with E-state index in [2.05, 4.69) is 24.1 Å². The summed E-state index contributed by atoms with van der Waals surface area (Å²) in [6.45, 7) is 5.28. The molecule has 1 atom stereocenters. The molecule has 4 heteroatoms. The summed E-state index contributed by atoms with van der Waals surface area (Å²) in [5.74, 6) is 0.892. The van der Waals surface area contributed by atoms with E-state index in [4.69, 9.17) is 9.72 Å². The van der Waals surface area contributed by atoms with E-state index >= 15 is 0 Å². The first-order chi connectivity index (χ1) is 8.55. The molecular formula is C14H23N3O. The Labute approximate surface area is 109 Å². The van der Waals surface area contributed by atoms with Crippen molar-refractivity contribution in [2.24, 2.45) is 5.41 Å². The quantitative estimate of drug-likeness (QED) is 0.885. The van der Waals surface area contributed by atoms with E-state index in [-0.39, 0.29) is 0 Å². The van der Waals surface area contributed by atoms with Crippen LogP contribution in [0.4, 0.5) is 0 Å². The molecule has 1 N–H and O–H groups in total. The van der Waals surface area contributed by atoms with E-state index in [9.17, 15) is 0 Å². The molecule has 0 aliphatic heterocycles. The second kappa shape index (κ2) is 5.33. The molecule has 1 aromatic heterocycles. The third-order valence-electron chi connectivity index (χ3n) is 3.61. The average Bonchev–Trinajstić information content (AvgIpc) is 2.33. The Kier molecular flexibility index (Phi) is 3.97. The molecule has 0 bridgehead atoms. The average molecular weight is 249 g/mol. The van der Waals surface area contributed by atoms with E-state index in [1.807, 2.05) is 13.2 Å². The summed E-state index contributed by atoms with van der Waals surface area (Å²) in [7, 11) is 3.72. The largest absolute Gasteiger partial charge is 0.384 e. The Morgan fingerprint density at radius 2 is 2.28 bits per heavy atom. The van der Waals surface area contributed by atoms with Crippen LogP contribution in [0.3, 0.4) is 0 Å². The molecule has 0 radical (unpaired) electrons. The van der Waals surface area contributed by atoms with Gasteiger partial charge in [0.15, 0.2) is 0 Å². The molecule has 0 fully saturated rings. The number of nitrogens with one attached hydrogen (secondary N) is 1. The molecule has 1 heterocycles. The van der Waals surface area contributed by atoms with Gasteiger partial charge in [0.05, 0.1) is 6.61 Å². The second-order valence-electron chi connectivity index (χ2n) is 5.82. The summed E-state index contributed by atoms with van der Waals surface area (Å²) in [6.07, 6.45) is 4.94. The summed E-state index contributed by atoms with van der Waals surface area (Å²) < 4.78 is 5.08. The van der Waals surface area contributed by atoms with E-state index in [0.717, 1.165) is 25.1 Å². The maximum absolute atomic E-state index is 5.08. The van der Waals surface area contributed by atoms with Crippen molar-refractivity contribution in [3.63, 3.8) is 0 Å². The smallest absolute Gasteiger partial charge is 0.130 e. The minimum absolute atomic E-state index is 0.299. The van der Waals surface area contributed by atoms with Gasteiger partial charge in [-0.2, -0.15) is 0 Å². The molecular weight excluding hydrogens is 226 g/mol. The molecule has 0 saturated carbocycles. The van der Waals surface area contributed by atoms with Crippen molar-refractivity contribution in [1.82, 2.24) is 15.3 Å². The molecule has 100 valence electrons. The summed E-state index contributed by atoms with van der Waals surface area (Å²) in [4.78, 5) is 9.16. The Hall–Kier alpha value is -1.00. The maximum atomic E-state index is 5.08. The van der Waals surface area contributed by atoms with Crippen LogP contribution in [0.2, 0.25) is 0 Å². The van der Waals surface area contributed by atoms with Crippen LogP contribution in [0.25, 0.3) is 0 Å². The van der Waals surface area contributed by atoms with Gasteiger partial charge in [-0.3, -0.25) is 0 Å². The van der Waals surface area contributed by atoms with Crippen molar-refractivity contribution in [3.8, 4) is 0 Å². The van der Waals surface area contributed by atoms with Gasteiger partial charge in [-0.15, -0.1) is 0 Å². The third kappa shape index (κ3) is 2.87. The fourth-order valence-electron chi connectivity index (χ4n) is 2.66. The van der Waals surface area contributed by atoms with Crippen LogP contribution in [0.15, 0.2) is 6.20 Å². The van der Waals surface area contributed by atoms with Crippen LogP contribution in [0.1, 0.15) is 43.4 Å². The topological polar surface area (TPSA) is 47.0 Å².